The van der Waals surface area contributed by atoms with Crippen molar-refractivity contribution in [2.24, 2.45) is 4.99 Å². The summed E-state index contributed by atoms with van der Waals surface area (Å²) < 4.78 is 5.62. The van der Waals surface area contributed by atoms with Gasteiger partial charge in [-0.25, -0.2) is 9.78 Å². The molecule has 2 heterocycles. The zero-order valence-corrected chi connectivity index (χ0v) is 16.3. The largest absolute Gasteiger partial charge is 0.479 e. The fourth-order valence-electron chi connectivity index (χ4n) is 2.31. The quantitative estimate of drug-likeness (QED) is 0.741. The lowest BCUT2D eigenvalue weighted by molar-refractivity contribution is -0.145. The number of likely N-dealkylation sites (N-methyl/N-ethyl adjacent to an activating group) is 1. The lowest BCUT2D eigenvalue weighted by atomic mass is 10.1. The van der Waals surface area contributed by atoms with Crippen LogP contribution in [0.3, 0.4) is 0 Å². The van der Waals surface area contributed by atoms with E-state index >= 15 is 0 Å². The van der Waals surface area contributed by atoms with Gasteiger partial charge in [0, 0.05) is 24.2 Å². The fraction of sp³-hybridized carbons (Fsp3) is 0.222. The molecule has 27 heavy (non-hydrogen) atoms. The Bertz CT molecular complexity index is 909. The number of amidine groups is 1. The van der Waals surface area contributed by atoms with Gasteiger partial charge in [-0.3, -0.25) is 9.69 Å². The molecule has 0 aliphatic carbocycles. The minimum absolute atomic E-state index is 0.185. The second-order valence-corrected chi connectivity index (χ2v) is 7.46. The molecule has 0 spiro atoms. The normalized spacial score (nSPS) is 18.3. The van der Waals surface area contributed by atoms with Crippen LogP contribution in [-0.2, 0) is 9.59 Å². The van der Waals surface area contributed by atoms with Crippen molar-refractivity contribution in [3.05, 3.63) is 46.3 Å². The second-order valence-electron chi connectivity index (χ2n) is 5.57. The minimum Gasteiger partial charge on any atom is -0.479 e. The molecule has 0 bridgehead atoms. The van der Waals surface area contributed by atoms with E-state index in [0.717, 1.165) is 0 Å². The number of rotatable bonds is 6. The number of amides is 1. The molecule has 1 amide bonds. The lowest BCUT2D eigenvalue weighted by Gasteiger charge is -2.15. The molecule has 1 aromatic heterocycles. The highest BCUT2D eigenvalue weighted by molar-refractivity contribution is 8.18. The minimum atomic E-state index is -1.02. The molecule has 1 fully saturated rings. The molecule has 7 nitrogen and oxygen atoms in total. The molecule has 2 aromatic rings. The Morgan fingerprint density at radius 1 is 1.44 bits per heavy atom. The van der Waals surface area contributed by atoms with E-state index in [1.165, 1.54) is 28.0 Å². The summed E-state index contributed by atoms with van der Waals surface area (Å²) in [5.74, 6) is -0.792. The predicted molar refractivity (Wildman–Crippen MR) is 106 cm³/mol. The van der Waals surface area contributed by atoms with Gasteiger partial charge in [-0.2, -0.15) is 4.99 Å². The molecule has 1 atom stereocenters. The predicted octanol–water partition coefficient (Wildman–Crippen LogP) is 3.62. The second kappa shape index (κ2) is 8.36. The van der Waals surface area contributed by atoms with Crippen molar-refractivity contribution in [3.63, 3.8) is 0 Å². The van der Waals surface area contributed by atoms with Gasteiger partial charge in [0.05, 0.1) is 4.91 Å². The van der Waals surface area contributed by atoms with E-state index in [1.54, 1.807) is 50.5 Å². The van der Waals surface area contributed by atoms with Crippen LogP contribution >= 0.6 is 23.1 Å². The molecule has 0 saturated carbocycles. The van der Waals surface area contributed by atoms with E-state index < -0.39 is 12.1 Å². The Hall–Kier alpha value is -2.65. The topological polar surface area (TPSA) is 92.1 Å². The Balaban J connectivity index is 1.89. The Morgan fingerprint density at radius 3 is 2.89 bits per heavy atom. The van der Waals surface area contributed by atoms with E-state index in [2.05, 4.69) is 9.98 Å². The maximum atomic E-state index is 12.6. The van der Waals surface area contributed by atoms with E-state index in [-0.39, 0.29) is 5.91 Å². The number of thioether (sulfide) groups is 1. The number of aliphatic carboxylic acids is 1. The SMILES string of the molecule is CCC(Oc1ccccc1/C=C1/S/C(=N/c2nccs2)N(C)C1=O)C(=O)O. The fourth-order valence-corrected chi connectivity index (χ4v) is 3.84. The third-order valence-electron chi connectivity index (χ3n) is 3.74. The van der Waals surface area contributed by atoms with Crippen LogP contribution in [0.4, 0.5) is 5.13 Å². The van der Waals surface area contributed by atoms with E-state index in [1.807, 2.05) is 5.38 Å². The summed E-state index contributed by atoms with van der Waals surface area (Å²) in [6, 6.07) is 7.04. The van der Waals surface area contributed by atoms with Gasteiger partial charge >= 0.3 is 5.97 Å². The molecule has 1 unspecified atom stereocenters. The first-order valence-electron chi connectivity index (χ1n) is 8.14. The van der Waals surface area contributed by atoms with Crippen molar-refractivity contribution >= 4 is 51.4 Å². The maximum absolute atomic E-state index is 12.6. The van der Waals surface area contributed by atoms with Gasteiger partial charge in [0.25, 0.3) is 5.91 Å². The van der Waals surface area contributed by atoms with Gasteiger partial charge in [0.2, 0.25) is 5.13 Å². The van der Waals surface area contributed by atoms with Crippen LogP contribution in [0.15, 0.2) is 45.7 Å². The number of ether oxygens (including phenoxy) is 1. The molecule has 140 valence electrons. The third kappa shape index (κ3) is 4.37. The molecular formula is C18H17N3O4S2. The molecule has 1 aliphatic heterocycles. The molecule has 3 rings (SSSR count). The van der Waals surface area contributed by atoms with Crippen molar-refractivity contribution < 1.29 is 19.4 Å². The lowest BCUT2D eigenvalue weighted by Crippen LogP contribution is -2.26. The molecule has 1 aromatic carbocycles. The molecular weight excluding hydrogens is 386 g/mol. The van der Waals surface area contributed by atoms with Crippen LogP contribution in [0, 0.1) is 0 Å². The third-order valence-corrected chi connectivity index (χ3v) is 5.46. The standard InChI is InChI=1S/C18H17N3O4S2/c1-3-12(16(23)24)25-13-7-5-4-6-11(13)10-14-15(22)21(2)18(27-14)20-17-19-8-9-26-17/h4-10,12H,3H2,1-2H3,(H,23,24)/b14-10+,20-18+. The van der Waals surface area contributed by atoms with Crippen molar-refractivity contribution in [1.29, 1.82) is 0 Å². The molecule has 1 saturated heterocycles. The van der Waals surface area contributed by atoms with Gasteiger partial charge in [-0.05, 0) is 30.3 Å². The highest BCUT2D eigenvalue weighted by Gasteiger charge is 2.31. The van der Waals surface area contributed by atoms with Crippen LogP contribution in [0.2, 0.25) is 0 Å². The highest BCUT2D eigenvalue weighted by Crippen LogP contribution is 2.35. The number of thiazole rings is 1. The molecule has 1 aliphatic rings. The summed E-state index contributed by atoms with van der Waals surface area (Å²) in [5.41, 5.74) is 0.636. The maximum Gasteiger partial charge on any atom is 0.344 e. The average molecular weight is 403 g/mol. The van der Waals surface area contributed by atoms with Gasteiger partial charge < -0.3 is 9.84 Å². The number of aliphatic imine (C=N–C) groups is 1. The van der Waals surface area contributed by atoms with Gasteiger partial charge in [0.1, 0.15) is 5.75 Å². The summed E-state index contributed by atoms with van der Waals surface area (Å²) >= 11 is 2.63. The number of hydrogen-bond donors (Lipinski definition) is 1. The first-order valence-corrected chi connectivity index (χ1v) is 9.83. The van der Waals surface area contributed by atoms with Crippen molar-refractivity contribution in [3.8, 4) is 5.75 Å². The number of aromatic nitrogens is 1. The zero-order chi connectivity index (χ0) is 19.4. The number of carbonyl (C=O) groups is 2. The van der Waals surface area contributed by atoms with Crippen molar-refractivity contribution in [2.45, 2.75) is 19.4 Å². The smallest absolute Gasteiger partial charge is 0.344 e. The van der Waals surface area contributed by atoms with Crippen LogP contribution in [-0.4, -0.2) is 45.2 Å². The first-order chi connectivity index (χ1) is 13.0. The number of hydrogen-bond acceptors (Lipinski definition) is 7. The molecule has 1 N–H and O–H groups in total. The van der Waals surface area contributed by atoms with E-state index in [0.29, 0.717) is 32.9 Å². The highest BCUT2D eigenvalue weighted by atomic mass is 32.2. The molecule has 9 heteroatoms. The van der Waals surface area contributed by atoms with Gasteiger partial charge in [-0.15, -0.1) is 11.3 Å². The average Bonchev–Trinajstić information content (AvgIpc) is 3.25. The number of carboxylic acids is 1. The Labute approximate surface area is 164 Å². The van der Waals surface area contributed by atoms with Gasteiger partial charge in [-0.1, -0.05) is 25.1 Å². The number of carbonyl (C=O) groups excluding carboxylic acids is 1. The number of carboxylic acid groups (broad SMARTS) is 1. The summed E-state index contributed by atoms with van der Waals surface area (Å²) in [5, 5.41) is 12.2. The monoisotopic (exact) mass is 403 g/mol. The summed E-state index contributed by atoms with van der Waals surface area (Å²) in [6.07, 6.45) is 2.74. The Kier molecular flexibility index (Phi) is 5.92. The summed E-state index contributed by atoms with van der Waals surface area (Å²) in [6.45, 7) is 1.74. The van der Waals surface area contributed by atoms with Gasteiger partial charge in [0.15, 0.2) is 11.3 Å². The number of para-hydroxylation sites is 1. The first kappa shape index (κ1) is 19.1. The number of benzene rings is 1. The number of nitrogens with zero attached hydrogens (tertiary/aromatic N) is 3. The van der Waals surface area contributed by atoms with Crippen molar-refractivity contribution in [2.75, 3.05) is 7.05 Å². The summed E-state index contributed by atoms with van der Waals surface area (Å²) in [4.78, 5) is 34.2. The summed E-state index contributed by atoms with van der Waals surface area (Å²) in [7, 11) is 1.66. The Morgan fingerprint density at radius 2 is 2.22 bits per heavy atom. The molecule has 0 radical (unpaired) electrons. The van der Waals surface area contributed by atoms with Crippen LogP contribution in [0.1, 0.15) is 18.9 Å². The zero-order valence-electron chi connectivity index (χ0n) is 14.7. The van der Waals surface area contributed by atoms with Crippen LogP contribution < -0.4 is 4.74 Å². The van der Waals surface area contributed by atoms with E-state index in [4.69, 9.17) is 4.74 Å². The van der Waals surface area contributed by atoms with Crippen molar-refractivity contribution in [1.82, 2.24) is 9.88 Å². The van der Waals surface area contributed by atoms with Crippen LogP contribution in [0.25, 0.3) is 6.08 Å². The van der Waals surface area contributed by atoms with Crippen LogP contribution in [0.5, 0.6) is 5.75 Å². The van der Waals surface area contributed by atoms with E-state index in [9.17, 15) is 14.7 Å².